The summed E-state index contributed by atoms with van der Waals surface area (Å²) in [6.45, 7) is 5.36. The van der Waals surface area contributed by atoms with E-state index < -0.39 is 0 Å². The number of nitrogens with zero attached hydrogens (tertiary/aromatic N) is 2. The Kier molecular flexibility index (Phi) is 4.19. The summed E-state index contributed by atoms with van der Waals surface area (Å²) < 4.78 is 24.3. The zero-order valence-corrected chi connectivity index (χ0v) is 16.7. The van der Waals surface area contributed by atoms with Crippen molar-refractivity contribution in [3.8, 4) is 11.5 Å². The van der Waals surface area contributed by atoms with Crippen molar-refractivity contribution in [2.75, 3.05) is 18.2 Å². The lowest BCUT2D eigenvalue weighted by Gasteiger charge is -2.42. The third-order valence-corrected chi connectivity index (χ3v) is 6.42. The average molecular weight is 396 g/mol. The lowest BCUT2D eigenvalue weighted by atomic mass is 9.93. The molecule has 6 heteroatoms. The van der Waals surface area contributed by atoms with Crippen LogP contribution < -0.4 is 14.4 Å². The quantitative estimate of drug-likeness (QED) is 0.762. The van der Waals surface area contributed by atoms with Crippen molar-refractivity contribution >= 4 is 11.6 Å². The van der Waals surface area contributed by atoms with Crippen molar-refractivity contribution in [1.29, 1.82) is 0 Å². The van der Waals surface area contributed by atoms with Crippen molar-refractivity contribution in [2.45, 2.75) is 50.7 Å². The molecule has 3 aliphatic rings. The van der Waals surface area contributed by atoms with Crippen molar-refractivity contribution < 1.29 is 18.7 Å². The molecule has 5 nitrogen and oxygen atoms in total. The molecule has 1 amide bonds. The molecule has 0 saturated carbocycles. The monoisotopic (exact) mass is 396 g/mol. The number of hydrogen-bond donors (Lipinski definition) is 0. The summed E-state index contributed by atoms with van der Waals surface area (Å²) in [7, 11) is 0. The van der Waals surface area contributed by atoms with E-state index in [4.69, 9.17) is 9.47 Å². The van der Waals surface area contributed by atoms with Gasteiger partial charge in [-0.2, -0.15) is 0 Å². The van der Waals surface area contributed by atoms with E-state index in [-0.39, 0.29) is 36.1 Å². The topological polar surface area (TPSA) is 42.0 Å². The van der Waals surface area contributed by atoms with Crippen molar-refractivity contribution in [1.82, 2.24) is 4.90 Å². The lowest BCUT2D eigenvalue weighted by Crippen LogP contribution is -2.52. The summed E-state index contributed by atoms with van der Waals surface area (Å²) in [5.74, 6) is 1.12. The smallest absolute Gasteiger partial charge is 0.254 e. The molecule has 0 radical (unpaired) electrons. The highest BCUT2D eigenvalue weighted by molar-refractivity contribution is 5.95. The van der Waals surface area contributed by atoms with Gasteiger partial charge < -0.3 is 19.3 Å². The third-order valence-electron chi connectivity index (χ3n) is 6.42. The Labute approximate surface area is 170 Å². The van der Waals surface area contributed by atoms with Gasteiger partial charge in [0.2, 0.25) is 6.79 Å². The number of anilines is 1. The summed E-state index contributed by atoms with van der Waals surface area (Å²) in [6.07, 6.45) is 2.85. The van der Waals surface area contributed by atoms with Gasteiger partial charge in [0.05, 0.1) is 12.1 Å². The van der Waals surface area contributed by atoms with Gasteiger partial charge in [0.15, 0.2) is 11.5 Å². The Morgan fingerprint density at radius 2 is 1.83 bits per heavy atom. The molecule has 0 aromatic heterocycles. The fourth-order valence-corrected chi connectivity index (χ4v) is 5.23. The van der Waals surface area contributed by atoms with Crippen LogP contribution in [0.3, 0.4) is 0 Å². The predicted octanol–water partition coefficient (Wildman–Crippen LogP) is 4.22. The predicted molar refractivity (Wildman–Crippen MR) is 108 cm³/mol. The van der Waals surface area contributed by atoms with Crippen LogP contribution in [0.4, 0.5) is 10.1 Å². The molecular weight excluding hydrogens is 371 g/mol. The molecule has 5 rings (SSSR count). The Balaban J connectivity index is 1.45. The summed E-state index contributed by atoms with van der Waals surface area (Å²) >= 11 is 0. The Morgan fingerprint density at radius 3 is 2.62 bits per heavy atom. The molecule has 2 saturated heterocycles. The summed E-state index contributed by atoms with van der Waals surface area (Å²) in [6, 6.07) is 12.5. The molecule has 152 valence electrons. The van der Waals surface area contributed by atoms with Crippen LogP contribution in [0.5, 0.6) is 11.5 Å². The molecule has 2 fully saturated rings. The van der Waals surface area contributed by atoms with Gasteiger partial charge in [-0.25, -0.2) is 4.39 Å². The van der Waals surface area contributed by atoms with Crippen molar-refractivity contribution in [2.24, 2.45) is 0 Å². The van der Waals surface area contributed by atoms with Crippen molar-refractivity contribution in [3.63, 3.8) is 0 Å². The number of fused-ring (bicyclic) bond motifs is 2. The highest BCUT2D eigenvalue weighted by Crippen LogP contribution is 2.44. The number of piperidine rings is 1. The van der Waals surface area contributed by atoms with Crippen molar-refractivity contribution in [3.05, 3.63) is 53.8 Å². The van der Waals surface area contributed by atoms with E-state index in [9.17, 15) is 9.18 Å². The van der Waals surface area contributed by atoms with E-state index in [0.717, 1.165) is 31.5 Å². The largest absolute Gasteiger partial charge is 0.454 e. The number of hydrogen-bond acceptors (Lipinski definition) is 4. The molecule has 0 spiro atoms. The van der Waals surface area contributed by atoms with Crippen LogP contribution in [-0.4, -0.2) is 41.8 Å². The molecule has 0 bridgehead atoms. The molecule has 0 N–H and O–H groups in total. The minimum Gasteiger partial charge on any atom is -0.454 e. The van der Waals surface area contributed by atoms with E-state index in [1.165, 1.54) is 12.1 Å². The summed E-state index contributed by atoms with van der Waals surface area (Å²) in [5.41, 5.74) is 1.53. The molecule has 0 aliphatic carbocycles. The first-order valence-corrected chi connectivity index (χ1v) is 10.2. The average Bonchev–Trinajstić information content (AvgIpc) is 3.28. The highest BCUT2D eigenvalue weighted by Gasteiger charge is 2.50. The maximum absolute atomic E-state index is 13.5. The Bertz CT molecular complexity index is 944. The number of carbonyl (C=O) groups excluding carboxylic acids is 1. The number of amides is 1. The minimum absolute atomic E-state index is 0.0368. The maximum Gasteiger partial charge on any atom is 0.254 e. The zero-order valence-electron chi connectivity index (χ0n) is 16.7. The number of halogens is 1. The van der Waals surface area contributed by atoms with E-state index in [0.29, 0.717) is 17.1 Å². The SMILES string of the molecule is CC1(C)C[C@H]2[C@H](CCCN2C(=O)c2ccc3c(c2)OCO3)N1c1ccc(F)cc1. The van der Waals surface area contributed by atoms with Crippen LogP contribution in [0.15, 0.2) is 42.5 Å². The standard InChI is InChI=1S/C23H25FN2O3/c1-23(2)13-19-18(26(23)17-8-6-16(24)7-9-17)4-3-11-25(19)22(27)15-5-10-20-21(12-15)29-14-28-20/h5-10,12,18-19H,3-4,11,13-14H2,1-2H3/t18-,19-/m0/s1. The maximum atomic E-state index is 13.5. The molecule has 2 atom stereocenters. The molecule has 0 unspecified atom stereocenters. The first kappa shape index (κ1) is 18.3. The Hall–Kier alpha value is -2.76. The minimum atomic E-state index is -0.231. The molecule has 29 heavy (non-hydrogen) atoms. The van der Waals surface area contributed by atoms with Crippen LogP contribution in [0.2, 0.25) is 0 Å². The van der Waals surface area contributed by atoms with Crippen LogP contribution in [0, 0.1) is 5.82 Å². The van der Waals surface area contributed by atoms with E-state index >= 15 is 0 Å². The second-order valence-corrected chi connectivity index (χ2v) is 8.71. The molecule has 3 heterocycles. The van der Waals surface area contributed by atoms with Gasteiger partial charge in [-0.3, -0.25) is 4.79 Å². The van der Waals surface area contributed by atoms with Gasteiger partial charge in [0.25, 0.3) is 5.91 Å². The van der Waals surface area contributed by atoms with Crippen LogP contribution in [0.1, 0.15) is 43.5 Å². The van der Waals surface area contributed by atoms with Crippen LogP contribution >= 0.6 is 0 Å². The number of ether oxygens (including phenoxy) is 2. The first-order chi connectivity index (χ1) is 13.9. The van der Waals surface area contributed by atoms with E-state index in [1.54, 1.807) is 12.1 Å². The van der Waals surface area contributed by atoms with Crippen LogP contribution in [0.25, 0.3) is 0 Å². The number of likely N-dealkylation sites (tertiary alicyclic amines) is 1. The molecule has 2 aromatic rings. The lowest BCUT2D eigenvalue weighted by molar-refractivity contribution is 0.0605. The van der Waals surface area contributed by atoms with E-state index in [2.05, 4.69) is 18.7 Å². The number of benzene rings is 2. The second-order valence-electron chi connectivity index (χ2n) is 8.71. The summed E-state index contributed by atoms with van der Waals surface area (Å²) in [4.78, 5) is 17.8. The van der Waals surface area contributed by atoms with Gasteiger partial charge in [-0.1, -0.05) is 0 Å². The fraction of sp³-hybridized carbons (Fsp3) is 0.435. The van der Waals surface area contributed by atoms with Gasteiger partial charge in [-0.15, -0.1) is 0 Å². The van der Waals surface area contributed by atoms with Gasteiger partial charge in [0.1, 0.15) is 5.82 Å². The highest BCUT2D eigenvalue weighted by atomic mass is 19.1. The zero-order chi connectivity index (χ0) is 20.2. The van der Waals surface area contributed by atoms with E-state index in [1.807, 2.05) is 23.1 Å². The number of carbonyl (C=O) groups is 1. The van der Waals surface area contributed by atoms with Crippen LogP contribution in [-0.2, 0) is 0 Å². The Morgan fingerprint density at radius 1 is 1.07 bits per heavy atom. The van der Waals surface area contributed by atoms with Gasteiger partial charge in [0, 0.05) is 23.3 Å². The normalized spacial score (nSPS) is 24.5. The molecule has 2 aromatic carbocycles. The molecular formula is C23H25FN2O3. The number of rotatable bonds is 2. The third kappa shape index (κ3) is 3.02. The van der Waals surface area contributed by atoms with Gasteiger partial charge >= 0.3 is 0 Å². The summed E-state index contributed by atoms with van der Waals surface area (Å²) in [5, 5.41) is 0. The fourth-order valence-electron chi connectivity index (χ4n) is 5.23. The second kappa shape index (κ2) is 6.65. The molecule has 3 aliphatic heterocycles. The first-order valence-electron chi connectivity index (χ1n) is 10.2. The van der Waals surface area contributed by atoms with Gasteiger partial charge in [-0.05, 0) is 75.6 Å².